The molecule has 2 unspecified atom stereocenters. The molecular weight excluding hydrogens is 292 g/mol. The second-order valence-electron chi connectivity index (χ2n) is 7.30. The van der Waals surface area contributed by atoms with Crippen molar-refractivity contribution in [1.82, 2.24) is 9.55 Å². The molecule has 0 spiro atoms. The zero-order chi connectivity index (χ0) is 16.4. The molecule has 1 heterocycles. The second kappa shape index (κ2) is 6.22. The third kappa shape index (κ3) is 3.33. The summed E-state index contributed by atoms with van der Waals surface area (Å²) in [7, 11) is 0. The van der Waals surface area contributed by atoms with Crippen LogP contribution in [0.25, 0.3) is 0 Å². The summed E-state index contributed by atoms with van der Waals surface area (Å²) in [6, 6.07) is 0.0697. The van der Waals surface area contributed by atoms with E-state index in [0.717, 1.165) is 17.8 Å². The SMILES string of the molecule is CC1CC2CC(C)CC2(CO/C(N)=N/N=C(\N)n2ccnc2)C1. The van der Waals surface area contributed by atoms with Crippen molar-refractivity contribution in [3.8, 4) is 0 Å². The number of hydrogen-bond acceptors (Lipinski definition) is 4. The Morgan fingerprint density at radius 1 is 1.26 bits per heavy atom. The van der Waals surface area contributed by atoms with Crippen molar-refractivity contribution in [2.24, 2.45) is 44.8 Å². The average molecular weight is 318 g/mol. The van der Waals surface area contributed by atoms with E-state index < -0.39 is 0 Å². The van der Waals surface area contributed by atoms with Crippen molar-refractivity contribution >= 4 is 12.0 Å². The molecule has 2 atom stereocenters. The minimum absolute atomic E-state index is 0.0697. The smallest absolute Gasteiger partial charge is 0.306 e. The van der Waals surface area contributed by atoms with Crippen molar-refractivity contribution < 1.29 is 4.74 Å². The van der Waals surface area contributed by atoms with Gasteiger partial charge in [0.05, 0.1) is 6.61 Å². The van der Waals surface area contributed by atoms with Crippen LogP contribution in [0, 0.1) is 23.2 Å². The molecule has 4 N–H and O–H groups in total. The number of imidazole rings is 1. The molecule has 23 heavy (non-hydrogen) atoms. The van der Waals surface area contributed by atoms with E-state index in [9.17, 15) is 0 Å². The van der Waals surface area contributed by atoms with Crippen molar-refractivity contribution in [2.75, 3.05) is 6.61 Å². The Labute approximate surface area is 136 Å². The summed E-state index contributed by atoms with van der Waals surface area (Å²) >= 11 is 0. The summed E-state index contributed by atoms with van der Waals surface area (Å²) in [6.45, 7) is 5.29. The fourth-order valence-corrected chi connectivity index (χ4v) is 4.57. The molecule has 126 valence electrons. The molecule has 0 aromatic carbocycles. The van der Waals surface area contributed by atoms with Gasteiger partial charge in [0.1, 0.15) is 6.33 Å². The first-order valence-electron chi connectivity index (χ1n) is 8.26. The van der Waals surface area contributed by atoms with Gasteiger partial charge in [0.2, 0.25) is 5.96 Å². The second-order valence-corrected chi connectivity index (χ2v) is 7.30. The number of rotatable bonds is 3. The highest BCUT2D eigenvalue weighted by Crippen LogP contribution is 2.58. The third-order valence-corrected chi connectivity index (χ3v) is 5.28. The molecule has 2 aliphatic rings. The Hall–Kier alpha value is -2.05. The maximum Gasteiger partial charge on any atom is 0.306 e. The number of aromatic nitrogens is 2. The summed E-state index contributed by atoms with van der Waals surface area (Å²) in [4.78, 5) is 3.90. The van der Waals surface area contributed by atoms with E-state index >= 15 is 0 Å². The van der Waals surface area contributed by atoms with Crippen LogP contribution in [0.1, 0.15) is 39.5 Å². The lowest BCUT2D eigenvalue weighted by Crippen LogP contribution is -2.31. The zero-order valence-corrected chi connectivity index (χ0v) is 13.9. The summed E-state index contributed by atoms with van der Waals surface area (Å²) in [5.41, 5.74) is 11.9. The Balaban J connectivity index is 1.61. The summed E-state index contributed by atoms with van der Waals surface area (Å²) in [5.74, 6) is 2.49. The van der Waals surface area contributed by atoms with Gasteiger partial charge in [-0.25, -0.2) is 4.98 Å². The minimum atomic E-state index is 0.0697. The number of hydrogen-bond donors (Lipinski definition) is 2. The average Bonchev–Trinajstić information content (AvgIpc) is 3.17. The summed E-state index contributed by atoms with van der Waals surface area (Å²) in [6.07, 6.45) is 9.90. The van der Waals surface area contributed by atoms with Crippen LogP contribution < -0.4 is 11.5 Å². The quantitative estimate of drug-likeness (QED) is 0.503. The van der Waals surface area contributed by atoms with E-state index in [1.807, 2.05) is 0 Å². The lowest BCUT2D eigenvalue weighted by Gasteiger charge is -2.29. The zero-order valence-electron chi connectivity index (χ0n) is 13.9. The first-order chi connectivity index (χ1) is 11.0. The number of ether oxygens (including phenoxy) is 1. The van der Waals surface area contributed by atoms with Crippen molar-refractivity contribution in [1.29, 1.82) is 0 Å². The molecule has 3 rings (SSSR count). The number of nitrogens with zero attached hydrogens (tertiary/aromatic N) is 4. The van der Waals surface area contributed by atoms with Gasteiger partial charge in [0.25, 0.3) is 0 Å². The van der Waals surface area contributed by atoms with Gasteiger partial charge < -0.3 is 16.2 Å². The number of fused-ring (bicyclic) bond motifs is 1. The van der Waals surface area contributed by atoms with Crippen molar-refractivity contribution in [2.45, 2.75) is 39.5 Å². The minimum Gasteiger partial charge on any atom is -0.464 e. The highest BCUT2D eigenvalue weighted by atomic mass is 16.5. The van der Waals surface area contributed by atoms with Gasteiger partial charge in [-0.15, -0.1) is 5.10 Å². The van der Waals surface area contributed by atoms with Crippen LogP contribution in [-0.2, 0) is 4.74 Å². The maximum absolute atomic E-state index is 5.84. The third-order valence-electron chi connectivity index (χ3n) is 5.28. The molecule has 1 aromatic rings. The van der Waals surface area contributed by atoms with Gasteiger partial charge in [-0.1, -0.05) is 18.9 Å². The molecule has 0 saturated heterocycles. The van der Waals surface area contributed by atoms with Crippen LogP contribution in [-0.4, -0.2) is 28.1 Å². The van der Waals surface area contributed by atoms with Crippen LogP contribution in [0.2, 0.25) is 0 Å². The predicted octanol–water partition coefficient (Wildman–Crippen LogP) is 1.75. The number of nitrogens with two attached hydrogens (primary N) is 2. The molecular formula is C16H26N6O. The fraction of sp³-hybridized carbons (Fsp3) is 0.688. The molecule has 0 bridgehead atoms. The first-order valence-corrected chi connectivity index (χ1v) is 8.26. The van der Waals surface area contributed by atoms with Crippen LogP contribution in [0.15, 0.2) is 28.9 Å². The molecule has 2 fully saturated rings. The van der Waals surface area contributed by atoms with E-state index in [1.165, 1.54) is 25.7 Å². The maximum atomic E-state index is 5.84. The van der Waals surface area contributed by atoms with Gasteiger partial charge in [0.15, 0.2) is 0 Å². The van der Waals surface area contributed by atoms with Crippen molar-refractivity contribution in [3.63, 3.8) is 0 Å². The summed E-state index contributed by atoms with van der Waals surface area (Å²) < 4.78 is 7.29. The molecule has 2 saturated carbocycles. The van der Waals surface area contributed by atoms with Crippen LogP contribution in [0.3, 0.4) is 0 Å². The Morgan fingerprint density at radius 3 is 2.57 bits per heavy atom. The van der Waals surface area contributed by atoms with Gasteiger partial charge in [-0.05, 0) is 43.4 Å². The number of amidine groups is 1. The normalized spacial score (nSPS) is 34.6. The van der Waals surface area contributed by atoms with Gasteiger partial charge >= 0.3 is 6.02 Å². The van der Waals surface area contributed by atoms with Crippen LogP contribution in [0.4, 0.5) is 0 Å². The van der Waals surface area contributed by atoms with Crippen LogP contribution >= 0.6 is 0 Å². The Bertz CT molecular complexity index is 580. The Kier molecular flexibility index (Phi) is 4.28. The molecule has 0 radical (unpaired) electrons. The topological polar surface area (TPSA) is 104 Å². The molecule has 2 aliphatic carbocycles. The molecule has 1 aromatic heterocycles. The van der Waals surface area contributed by atoms with Gasteiger partial charge in [-0.2, -0.15) is 0 Å². The molecule has 0 aliphatic heterocycles. The first kappa shape index (κ1) is 15.8. The fourth-order valence-electron chi connectivity index (χ4n) is 4.57. The monoisotopic (exact) mass is 318 g/mol. The van der Waals surface area contributed by atoms with E-state index in [1.54, 1.807) is 23.3 Å². The van der Waals surface area contributed by atoms with E-state index in [2.05, 4.69) is 29.0 Å². The standard InChI is InChI=1S/C16H26N6O/c1-11-5-13-6-12(2)8-16(13,7-11)9-23-15(18)21-20-14(17)22-4-3-19-10-22/h3-4,10-13H,5-9H2,1-2H3,(H2,17,20)(H2,18,21). The van der Waals surface area contributed by atoms with E-state index in [4.69, 9.17) is 16.2 Å². The summed E-state index contributed by atoms with van der Waals surface area (Å²) in [5, 5.41) is 7.76. The Morgan fingerprint density at radius 2 is 1.96 bits per heavy atom. The lowest BCUT2D eigenvalue weighted by molar-refractivity contribution is 0.108. The molecule has 0 amide bonds. The van der Waals surface area contributed by atoms with Crippen LogP contribution in [0.5, 0.6) is 0 Å². The van der Waals surface area contributed by atoms with Gasteiger partial charge in [0, 0.05) is 17.8 Å². The lowest BCUT2D eigenvalue weighted by atomic mass is 9.80. The highest BCUT2D eigenvalue weighted by Gasteiger charge is 2.51. The van der Waals surface area contributed by atoms with Gasteiger partial charge in [-0.3, -0.25) is 4.57 Å². The van der Waals surface area contributed by atoms with E-state index in [0.29, 0.717) is 6.61 Å². The van der Waals surface area contributed by atoms with E-state index in [-0.39, 0.29) is 17.4 Å². The van der Waals surface area contributed by atoms with Crippen molar-refractivity contribution in [3.05, 3.63) is 18.7 Å². The largest absolute Gasteiger partial charge is 0.464 e. The molecule has 7 heteroatoms. The molecule has 7 nitrogen and oxygen atoms in total. The highest BCUT2D eigenvalue weighted by molar-refractivity contribution is 5.81. The predicted molar refractivity (Wildman–Crippen MR) is 89.5 cm³/mol.